The van der Waals surface area contributed by atoms with Crippen molar-refractivity contribution in [2.24, 2.45) is 0 Å². The third kappa shape index (κ3) is 1.82. The van der Waals surface area contributed by atoms with E-state index in [1.807, 2.05) is 19.1 Å². The van der Waals surface area contributed by atoms with Crippen molar-refractivity contribution in [1.82, 2.24) is 0 Å². The monoisotopic (exact) mass is 330 g/mol. The average Bonchev–Trinajstić information content (AvgIpc) is 2.65. The van der Waals surface area contributed by atoms with Crippen molar-refractivity contribution < 1.29 is 9.59 Å². The summed E-state index contributed by atoms with van der Waals surface area (Å²) < 4.78 is 0.700. The fraction of sp³-hybridized carbons (Fsp3) is 0.0667. The Morgan fingerprint density at radius 3 is 2.45 bits per heavy atom. The molecule has 100 valence electrons. The maximum atomic E-state index is 12.5. The molecule has 2 aromatic carbocycles. The van der Waals surface area contributed by atoms with E-state index in [1.165, 1.54) is 4.90 Å². The van der Waals surface area contributed by atoms with E-state index in [-0.39, 0.29) is 11.8 Å². The summed E-state index contributed by atoms with van der Waals surface area (Å²) in [6, 6.07) is 10.3. The molecule has 0 aliphatic carbocycles. The summed E-state index contributed by atoms with van der Waals surface area (Å²) in [5.41, 5.74) is 8.41. The lowest BCUT2D eigenvalue weighted by atomic mass is 10.1. The van der Waals surface area contributed by atoms with Crippen LogP contribution in [0.15, 0.2) is 40.9 Å². The minimum atomic E-state index is -0.344. The van der Waals surface area contributed by atoms with Crippen LogP contribution in [0.1, 0.15) is 26.3 Å². The molecule has 2 N–H and O–H groups in total. The molecule has 0 atom stereocenters. The van der Waals surface area contributed by atoms with Crippen LogP contribution in [0.2, 0.25) is 0 Å². The Morgan fingerprint density at radius 2 is 1.70 bits per heavy atom. The number of amides is 2. The van der Waals surface area contributed by atoms with Crippen LogP contribution in [-0.2, 0) is 0 Å². The summed E-state index contributed by atoms with van der Waals surface area (Å²) in [7, 11) is 0. The summed E-state index contributed by atoms with van der Waals surface area (Å²) in [6.45, 7) is 1.91. The molecule has 0 saturated heterocycles. The number of imide groups is 1. The van der Waals surface area contributed by atoms with Gasteiger partial charge in [0.15, 0.2) is 0 Å². The van der Waals surface area contributed by atoms with Crippen LogP contribution in [0.3, 0.4) is 0 Å². The van der Waals surface area contributed by atoms with Crippen LogP contribution < -0.4 is 10.6 Å². The normalized spacial score (nSPS) is 13.8. The van der Waals surface area contributed by atoms with Crippen LogP contribution >= 0.6 is 15.9 Å². The van der Waals surface area contributed by atoms with Gasteiger partial charge in [0.2, 0.25) is 0 Å². The Kier molecular flexibility index (Phi) is 2.87. The summed E-state index contributed by atoms with van der Waals surface area (Å²) in [5, 5.41) is 0. The number of halogens is 1. The van der Waals surface area contributed by atoms with Gasteiger partial charge < -0.3 is 5.73 Å². The second-order valence-electron chi connectivity index (χ2n) is 4.71. The van der Waals surface area contributed by atoms with Crippen LogP contribution in [0.5, 0.6) is 0 Å². The lowest BCUT2D eigenvalue weighted by Crippen LogP contribution is -2.29. The molecule has 0 saturated carbocycles. The van der Waals surface area contributed by atoms with Gasteiger partial charge in [-0.1, -0.05) is 6.07 Å². The highest BCUT2D eigenvalue weighted by atomic mass is 79.9. The number of carbonyl (C=O) groups excluding carboxylic acids is 2. The second-order valence-corrected chi connectivity index (χ2v) is 5.56. The summed E-state index contributed by atoms with van der Waals surface area (Å²) in [6.07, 6.45) is 0. The zero-order valence-corrected chi connectivity index (χ0v) is 12.3. The van der Waals surface area contributed by atoms with Gasteiger partial charge in [0.1, 0.15) is 0 Å². The molecule has 2 aromatic rings. The fourth-order valence-electron chi connectivity index (χ4n) is 2.27. The van der Waals surface area contributed by atoms with Crippen molar-refractivity contribution in [1.29, 1.82) is 0 Å². The molecule has 0 fully saturated rings. The first-order chi connectivity index (χ1) is 9.49. The SMILES string of the molecule is Cc1ccc(Br)c(N2C(=O)c3ccc(N)cc3C2=O)c1. The van der Waals surface area contributed by atoms with E-state index in [0.29, 0.717) is 27.0 Å². The molecule has 1 aliphatic rings. The first-order valence-corrected chi connectivity index (χ1v) is 6.83. The average molecular weight is 331 g/mol. The van der Waals surface area contributed by atoms with E-state index in [0.717, 1.165) is 5.56 Å². The van der Waals surface area contributed by atoms with Crippen LogP contribution in [0, 0.1) is 6.92 Å². The number of nitrogens with zero attached hydrogens (tertiary/aromatic N) is 1. The minimum Gasteiger partial charge on any atom is -0.399 e. The van der Waals surface area contributed by atoms with Gasteiger partial charge in [0.25, 0.3) is 11.8 Å². The molecule has 4 nitrogen and oxygen atoms in total. The number of benzene rings is 2. The molecular weight excluding hydrogens is 320 g/mol. The van der Waals surface area contributed by atoms with E-state index >= 15 is 0 Å². The van der Waals surface area contributed by atoms with Crippen molar-refractivity contribution >= 4 is 39.1 Å². The first-order valence-electron chi connectivity index (χ1n) is 6.03. The molecule has 3 rings (SSSR count). The number of aryl methyl sites for hydroxylation is 1. The van der Waals surface area contributed by atoms with Gasteiger partial charge in [0, 0.05) is 10.2 Å². The predicted octanol–water partition coefficient (Wildman–Crippen LogP) is 3.14. The molecule has 1 heterocycles. The number of carbonyl (C=O) groups is 2. The van der Waals surface area contributed by atoms with Gasteiger partial charge in [-0.05, 0) is 58.7 Å². The van der Waals surface area contributed by atoms with Gasteiger partial charge in [-0.15, -0.1) is 0 Å². The van der Waals surface area contributed by atoms with Crippen LogP contribution in [-0.4, -0.2) is 11.8 Å². The topological polar surface area (TPSA) is 63.4 Å². The van der Waals surface area contributed by atoms with Gasteiger partial charge in [-0.3, -0.25) is 9.59 Å². The zero-order chi connectivity index (χ0) is 14.4. The van der Waals surface area contributed by atoms with Gasteiger partial charge >= 0.3 is 0 Å². The first kappa shape index (κ1) is 12.9. The third-order valence-corrected chi connectivity index (χ3v) is 3.92. The van der Waals surface area contributed by atoms with Crippen molar-refractivity contribution in [3.05, 3.63) is 57.6 Å². The predicted molar refractivity (Wildman–Crippen MR) is 80.9 cm³/mol. The van der Waals surface area contributed by atoms with Crippen LogP contribution in [0.25, 0.3) is 0 Å². The number of nitrogens with two attached hydrogens (primary N) is 1. The van der Waals surface area contributed by atoms with E-state index in [9.17, 15) is 9.59 Å². The highest BCUT2D eigenvalue weighted by Gasteiger charge is 2.37. The molecular formula is C15H11BrN2O2. The Morgan fingerprint density at radius 1 is 1.00 bits per heavy atom. The van der Waals surface area contributed by atoms with E-state index in [1.54, 1.807) is 24.3 Å². The van der Waals surface area contributed by atoms with Crippen molar-refractivity contribution in [3.8, 4) is 0 Å². The second kappa shape index (κ2) is 4.45. The smallest absolute Gasteiger partial charge is 0.266 e. The van der Waals surface area contributed by atoms with E-state index in [2.05, 4.69) is 15.9 Å². The standard InChI is InChI=1S/C15H11BrN2O2/c1-8-2-5-12(16)13(6-8)18-14(19)10-4-3-9(17)7-11(10)15(18)20/h2-7H,17H2,1H3. The number of hydrogen-bond donors (Lipinski definition) is 1. The Balaban J connectivity index is 2.16. The molecule has 20 heavy (non-hydrogen) atoms. The van der Waals surface area contributed by atoms with E-state index in [4.69, 9.17) is 5.73 Å². The lowest BCUT2D eigenvalue weighted by Gasteiger charge is -2.16. The summed E-state index contributed by atoms with van der Waals surface area (Å²) in [4.78, 5) is 26.1. The van der Waals surface area contributed by atoms with Crippen LogP contribution in [0.4, 0.5) is 11.4 Å². The van der Waals surface area contributed by atoms with Gasteiger partial charge in [-0.25, -0.2) is 4.90 Å². The molecule has 1 aliphatic heterocycles. The van der Waals surface area contributed by atoms with Crippen molar-refractivity contribution in [2.45, 2.75) is 6.92 Å². The Labute approximate surface area is 124 Å². The molecule has 0 radical (unpaired) electrons. The number of anilines is 2. The number of fused-ring (bicyclic) bond motifs is 1. The zero-order valence-electron chi connectivity index (χ0n) is 10.7. The molecule has 0 bridgehead atoms. The summed E-state index contributed by atoms with van der Waals surface area (Å²) in [5.74, 6) is -0.667. The molecule has 5 heteroatoms. The maximum Gasteiger partial charge on any atom is 0.266 e. The number of rotatable bonds is 1. The lowest BCUT2D eigenvalue weighted by molar-refractivity contribution is 0.0926. The quantitative estimate of drug-likeness (QED) is 0.645. The Bertz CT molecular complexity index is 756. The fourth-order valence-corrected chi connectivity index (χ4v) is 2.70. The molecule has 0 unspecified atom stereocenters. The third-order valence-electron chi connectivity index (χ3n) is 3.25. The number of nitrogen functional groups attached to an aromatic ring is 1. The van der Waals surface area contributed by atoms with Crippen molar-refractivity contribution in [3.63, 3.8) is 0 Å². The van der Waals surface area contributed by atoms with E-state index < -0.39 is 0 Å². The minimum absolute atomic E-state index is 0.323. The van der Waals surface area contributed by atoms with Gasteiger partial charge in [-0.2, -0.15) is 0 Å². The molecule has 0 spiro atoms. The highest BCUT2D eigenvalue weighted by Crippen LogP contribution is 2.34. The molecule has 2 amide bonds. The maximum absolute atomic E-state index is 12.5. The van der Waals surface area contributed by atoms with Gasteiger partial charge in [0.05, 0.1) is 16.8 Å². The Hall–Kier alpha value is -2.14. The van der Waals surface area contributed by atoms with Crippen molar-refractivity contribution in [2.75, 3.05) is 10.6 Å². The summed E-state index contributed by atoms with van der Waals surface area (Å²) >= 11 is 3.38. The highest BCUT2D eigenvalue weighted by molar-refractivity contribution is 9.10. The molecule has 0 aromatic heterocycles. The largest absolute Gasteiger partial charge is 0.399 e. The number of hydrogen-bond acceptors (Lipinski definition) is 3.